The van der Waals surface area contributed by atoms with Gasteiger partial charge in [-0.25, -0.2) is 0 Å². The van der Waals surface area contributed by atoms with Crippen LogP contribution in [0.25, 0.3) is 0 Å². The summed E-state index contributed by atoms with van der Waals surface area (Å²) in [5.74, 6) is 1.59. The summed E-state index contributed by atoms with van der Waals surface area (Å²) in [6.07, 6.45) is 4.13. The molecule has 0 amide bonds. The maximum Gasteiger partial charge on any atom is 0.142 e. The number of nitrogens with one attached hydrogen (secondary N) is 1. The third-order valence-electron chi connectivity index (χ3n) is 3.68. The fraction of sp³-hybridized carbons (Fsp3) is 0.400. The lowest BCUT2D eigenvalue weighted by Crippen LogP contribution is -2.07. The highest BCUT2D eigenvalue weighted by Crippen LogP contribution is 2.27. The van der Waals surface area contributed by atoms with Crippen molar-refractivity contribution < 1.29 is 9.47 Å². The molecule has 2 rings (SSSR count). The average Bonchev–Trinajstić information content (AvgIpc) is 2.61. The molecule has 0 heterocycles. The number of ether oxygens (including phenoxy) is 2. The lowest BCUT2D eigenvalue weighted by Gasteiger charge is -2.13. The van der Waals surface area contributed by atoms with Crippen LogP contribution in [-0.2, 0) is 0 Å². The van der Waals surface area contributed by atoms with Gasteiger partial charge in [0.15, 0.2) is 0 Å². The minimum Gasteiger partial charge on any atom is -0.492 e. The molecule has 136 valence electrons. The summed E-state index contributed by atoms with van der Waals surface area (Å²) in [7, 11) is 0. The molecule has 0 saturated heterocycles. The molecular weight excluding hydrogens is 357 g/mol. The highest BCUT2D eigenvalue weighted by Gasteiger charge is 2.03. The molecule has 0 aliphatic heterocycles. The van der Waals surface area contributed by atoms with E-state index in [0.717, 1.165) is 50.3 Å². The van der Waals surface area contributed by atoms with Gasteiger partial charge in [-0.2, -0.15) is 0 Å². The van der Waals surface area contributed by atoms with Crippen LogP contribution in [0.4, 0.5) is 5.69 Å². The van der Waals surface area contributed by atoms with Crippen LogP contribution in [0.15, 0.2) is 42.5 Å². The molecule has 25 heavy (non-hydrogen) atoms. The van der Waals surface area contributed by atoms with E-state index in [2.05, 4.69) is 12.2 Å². The smallest absolute Gasteiger partial charge is 0.142 e. The summed E-state index contributed by atoms with van der Waals surface area (Å²) < 4.78 is 11.5. The molecule has 1 N–H and O–H groups in total. The SMILES string of the molecule is CCCCOc1ccccc1NCCCCOc1ccc(Cl)cc1Cl. The van der Waals surface area contributed by atoms with Crippen molar-refractivity contribution in [3.63, 3.8) is 0 Å². The van der Waals surface area contributed by atoms with E-state index in [0.29, 0.717) is 22.4 Å². The monoisotopic (exact) mass is 381 g/mol. The summed E-state index contributed by atoms with van der Waals surface area (Å²) in [6, 6.07) is 13.3. The number of halogens is 2. The Morgan fingerprint density at radius 1 is 0.880 bits per heavy atom. The largest absolute Gasteiger partial charge is 0.492 e. The van der Waals surface area contributed by atoms with Crippen LogP contribution < -0.4 is 14.8 Å². The Hall–Kier alpha value is -1.58. The first-order chi connectivity index (χ1) is 12.2. The zero-order valence-electron chi connectivity index (χ0n) is 14.6. The van der Waals surface area contributed by atoms with Gasteiger partial charge in [-0.15, -0.1) is 0 Å². The van der Waals surface area contributed by atoms with E-state index in [4.69, 9.17) is 32.7 Å². The van der Waals surface area contributed by atoms with E-state index in [1.54, 1.807) is 18.2 Å². The zero-order chi connectivity index (χ0) is 17.9. The Labute approximate surface area is 160 Å². The van der Waals surface area contributed by atoms with Crippen molar-refractivity contribution in [2.75, 3.05) is 25.1 Å². The molecule has 0 fully saturated rings. The highest BCUT2D eigenvalue weighted by atomic mass is 35.5. The van der Waals surface area contributed by atoms with Gasteiger partial charge in [0.2, 0.25) is 0 Å². The van der Waals surface area contributed by atoms with E-state index >= 15 is 0 Å². The number of unbranched alkanes of at least 4 members (excludes halogenated alkanes) is 2. The van der Waals surface area contributed by atoms with Gasteiger partial charge in [0.1, 0.15) is 11.5 Å². The van der Waals surface area contributed by atoms with E-state index in [1.165, 1.54) is 0 Å². The normalized spacial score (nSPS) is 10.5. The van der Waals surface area contributed by atoms with Crippen LogP contribution in [0, 0.1) is 0 Å². The Balaban J connectivity index is 1.67. The quantitative estimate of drug-likeness (QED) is 0.454. The zero-order valence-corrected chi connectivity index (χ0v) is 16.1. The predicted octanol–water partition coefficient (Wildman–Crippen LogP) is 6.44. The van der Waals surface area contributed by atoms with E-state index in [1.807, 2.05) is 24.3 Å². The van der Waals surface area contributed by atoms with Crippen molar-refractivity contribution >= 4 is 28.9 Å². The third-order valence-corrected chi connectivity index (χ3v) is 4.21. The lowest BCUT2D eigenvalue weighted by atomic mass is 10.2. The number of rotatable bonds is 11. The number of para-hydroxylation sites is 2. The molecule has 0 aliphatic rings. The number of hydrogen-bond acceptors (Lipinski definition) is 3. The van der Waals surface area contributed by atoms with E-state index in [-0.39, 0.29) is 0 Å². The average molecular weight is 382 g/mol. The van der Waals surface area contributed by atoms with Crippen molar-refractivity contribution in [3.8, 4) is 11.5 Å². The molecule has 0 radical (unpaired) electrons. The van der Waals surface area contributed by atoms with Crippen LogP contribution in [-0.4, -0.2) is 19.8 Å². The van der Waals surface area contributed by atoms with Gasteiger partial charge in [-0.3, -0.25) is 0 Å². The summed E-state index contributed by atoms with van der Waals surface area (Å²) in [6.45, 7) is 4.40. The standard InChI is InChI=1S/C20H25Cl2NO2/c1-2-3-13-25-20-9-5-4-8-18(20)23-12-6-7-14-24-19-11-10-16(21)15-17(19)22/h4-5,8-11,15,23H,2-3,6-7,12-14H2,1H3. The highest BCUT2D eigenvalue weighted by molar-refractivity contribution is 6.35. The van der Waals surface area contributed by atoms with Gasteiger partial charge >= 0.3 is 0 Å². The molecule has 5 heteroatoms. The predicted molar refractivity (Wildman–Crippen MR) is 107 cm³/mol. The molecular formula is C20H25Cl2NO2. The topological polar surface area (TPSA) is 30.5 Å². The van der Waals surface area contributed by atoms with Crippen molar-refractivity contribution in [1.29, 1.82) is 0 Å². The fourth-order valence-electron chi connectivity index (χ4n) is 2.29. The van der Waals surface area contributed by atoms with Gasteiger partial charge in [0.05, 0.1) is 23.9 Å². The molecule has 0 bridgehead atoms. The Bertz CT molecular complexity index is 649. The van der Waals surface area contributed by atoms with Crippen molar-refractivity contribution in [1.82, 2.24) is 0 Å². The molecule has 3 nitrogen and oxygen atoms in total. The Morgan fingerprint density at radius 2 is 1.64 bits per heavy atom. The first kappa shape index (κ1) is 19.7. The summed E-state index contributed by atoms with van der Waals surface area (Å²) >= 11 is 12.0. The minimum absolute atomic E-state index is 0.545. The minimum atomic E-state index is 0.545. The molecule has 2 aromatic rings. The first-order valence-corrected chi connectivity index (χ1v) is 9.50. The molecule has 0 aromatic heterocycles. The van der Waals surface area contributed by atoms with E-state index < -0.39 is 0 Å². The number of benzene rings is 2. The van der Waals surface area contributed by atoms with Gasteiger partial charge in [-0.1, -0.05) is 48.7 Å². The van der Waals surface area contributed by atoms with Crippen molar-refractivity contribution in [3.05, 3.63) is 52.5 Å². The number of hydrogen-bond donors (Lipinski definition) is 1. The van der Waals surface area contributed by atoms with Gasteiger partial charge in [0, 0.05) is 11.6 Å². The first-order valence-electron chi connectivity index (χ1n) is 8.74. The third kappa shape index (κ3) is 7.05. The van der Waals surface area contributed by atoms with Gasteiger partial charge in [-0.05, 0) is 49.6 Å². The van der Waals surface area contributed by atoms with Gasteiger partial charge < -0.3 is 14.8 Å². The molecule has 0 atom stereocenters. The van der Waals surface area contributed by atoms with Crippen LogP contribution in [0.2, 0.25) is 10.0 Å². The van der Waals surface area contributed by atoms with Crippen molar-refractivity contribution in [2.45, 2.75) is 32.6 Å². The molecule has 2 aromatic carbocycles. The maximum absolute atomic E-state index is 6.08. The molecule has 0 saturated carbocycles. The summed E-state index contributed by atoms with van der Waals surface area (Å²) in [5, 5.41) is 4.59. The second-order valence-electron chi connectivity index (χ2n) is 5.76. The second kappa shape index (κ2) is 11.1. The van der Waals surface area contributed by atoms with Gasteiger partial charge in [0.25, 0.3) is 0 Å². The van der Waals surface area contributed by atoms with Crippen LogP contribution in [0.5, 0.6) is 11.5 Å². The van der Waals surface area contributed by atoms with Crippen LogP contribution >= 0.6 is 23.2 Å². The maximum atomic E-state index is 6.08. The molecule has 0 unspecified atom stereocenters. The van der Waals surface area contributed by atoms with Crippen LogP contribution in [0.3, 0.4) is 0 Å². The Morgan fingerprint density at radius 3 is 2.44 bits per heavy atom. The number of anilines is 1. The fourth-order valence-corrected chi connectivity index (χ4v) is 2.75. The Kier molecular flexibility index (Phi) is 8.78. The lowest BCUT2D eigenvalue weighted by molar-refractivity contribution is 0.307. The second-order valence-corrected chi connectivity index (χ2v) is 6.60. The van der Waals surface area contributed by atoms with Crippen LogP contribution in [0.1, 0.15) is 32.6 Å². The van der Waals surface area contributed by atoms with E-state index in [9.17, 15) is 0 Å². The van der Waals surface area contributed by atoms with Crippen molar-refractivity contribution in [2.24, 2.45) is 0 Å². The molecule has 0 aliphatic carbocycles. The summed E-state index contributed by atoms with van der Waals surface area (Å²) in [4.78, 5) is 0. The molecule has 0 spiro atoms. The summed E-state index contributed by atoms with van der Waals surface area (Å²) in [5.41, 5.74) is 1.04.